The maximum Gasteiger partial charge on any atom is 0.244 e. The Bertz CT molecular complexity index is 1410. The van der Waals surface area contributed by atoms with Gasteiger partial charge in [-0.3, -0.25) is 14.4 Å². The number of hydrogen-bond donors (Lipinski definition) is 2. The van der Waals surface area contributed by atoms with Crippen LogP contribution in [0.25, 0.3) is 11.1 Å². The minimum Gasteiger partial charge on any atom is -0.493 e. The first-order valence-electron chi connectivity index (χ1n) is 13.5. The Morgan fingerprint density at radius 3 is 2.73 bits per heavy atom. The van der Waals surface area contributed by atoms with Crippen molar-refractivity contribution in [2.45, 2.75) is 38.3 Å². The van der Waals surface area contributed by atoms with E-state index in [4.69, 9.17) is 14.2 Å². The van der Waals surface area contributed by atoms with E-state index in [-0.39, 0.29) is 62.8 Å². The predicted octanol–water partition coefficient (Wildman–Crippen LogP) is 1.28. The lowest BCUT2D eigenvalue weighted by Crippen LogP contribution is -2.42. The van der Waals surface area contributed by atoms with Crippen molar-refractivity contribution in [1.29, 1.82) is 0 Å². The maximum atomic E-state index is 13.1. The van der Waals surface area contributed by atoms with Gasteiger partial charge in [0, 0.05) is 50.0 Å². The Hall–Kier alpha value is -4.68. The summed E-state index contributed by atoms with van der Waals surface area (Å²) in [7, 11) is 3.17. The van der Waals surface area contributed by atoms with E-state index in [0.717, 1.165) is 22.3 Å². The van der Waals surface area contributed by atoms with Gasteiger partial charge in [0.05, 0.1) is 26.9 Å². The molecule has 0 aliphatic carbocycles. The molecule has 2 aromatic carbocycles. The number of nitrogens with one attached hydrogen (secondary N) is 2. The summed E-state index contributed by atoms with van der Waals surface area (Å²) >= 11 is 0. The molecule has 4 bridgehead atoms. The molecule has 5 rings (SSSR count). The molecule has 0 fully saturated rings. The lowest BCUT2D eigenvalue weighted by molar-refractivity contribution is -0.133. The predicted molar refractivity (Wildman–Crippen MR) is 146 cm³/mol. The molecule has 0 saturated carbocycles. The van der Waals surface area contributed by atoms with Crippen molar-refractivity contribution in [3.63, 3.8) is 0 Å². The molecule has 0 spiro atoms. The molecule has 3 amide bonds. The Morgan fingerprint density at radius 1 is 1.07 bits per heavy atom. The summed E-state index contributed by atoms with van der Waals surface area (Å²) in [5, 5.41) is 16.9. The van der Waals surface area contributed by atoms with Gasteiger partial charge in [-0.05, 0) is 52.2 Å². The third kappa shape index (κ3) is 6.56. The first-order chi connectivity index (χ1) is 19.9. The molecule has 0 saturated heterocycles. The minimum atomic E-state index is -0.259. The number of hydrogen-bond acceptors (Lipinski definition) is 9. The molecule has 1 atom stereocenters. The largest absolute Gasteiger partial charge is 0.493 e. The van der Waals surface area contributed by atoms with E-state index in [1.807, 2.05) is 30.3 Å². The molecular formula is C28H33N7O6. The van der Waals surface area contributed by atoms with E-state index in [1.54, 1.807) is 19.1 Å². The van der Waals surface area contributed by atoms with Crippen LogP contribution < -0.4 is 24.8 Å². The second-order valence-electron chi connectivity index (χ2n) is 9.88. The quantitative estimate of drug-likeness (QED) is 0.479. The SMILES string of the molecule is COc1cc2cc(c1OC)-c1ccc3c(c1)C(CCO3)NC(=O)CCN(C(=O)Cn1cnnn1)CCNC(=O)CC2. The average Bonchev–Trinajstić information content (AvgIpc) is 3.49. The Morgan fingerprint density at radius 2 is 1.95 bits per heavy atom. The van der Waals surface area contributed by atoms with Gasteiger partial charge in [-0.15, -0.1) is 5.10 Å². The molecule has 3 heterocycles. The summed E-state index contributed by atoms with van der Waals surface area (Å²) in [6.45, 7) is 1.07. The van der Waals surface area contributed by atoms with E-state index >= 15 is 0 Å². The fourth-order valence-electron chi connectivity index (χ4n) is 5.12. The van der Waals surface area contributed by atoms with Gasteiger partial charge in [0.15, 0.2) is 11.5 Å². The molecular weight excluding hydrogens is 530 g/mol. The number of methoxy groups -OCH3 is 2. The van der Waals surface area contributed by atoms with Crippen molar-refractivity contribution in [1.82, 2.24) is 35.7 Å². The number of rotatable bonds is 4. The average molecular weight is 564 g/mol. The van der Waals surface area contributed by atoms with Gasteiger partial charge in [-0.2, -0.15) is 0 Å². The van der Waals surface area contributed by atoms with Crippen LogP contribution >= 0.6 is 0 Å². The summed E-state index contributed by atoms with van der Waals surface area (Å²) in [5.74, 6) is 1.25. The van der Waals surface area contributed by atoms with Crippen molar-refractivity contribution in [2.24, 2.45) is 0 Å². The number of ether oxygens (including phenoxy) is 3. The Kier molecular flexibility index (Phi) is 8.61. The smallest absolute Gasteiger partial charge is 0.244 e. The summed E-state index contributed by atoms with van der Waals surface area (Å²) in [6.07, 6.45) is 2.78. The second kappa shape index (κ2) is 12.7. The van der Waals surface area contributed by atoms with Crippen LogP contribution in [0, 0.1) is 0 Å². The molecule has 2 N–H and O–H groups in total. The molecule has 1 unspecified atom stereocenters. The number of fused-ring (bicyclic) bond motifs is 4. The number of carbonyl (C=O) groups excluding carboxylic acids is 3. The Balaban J connectivity index is 1.46. The number of carbonyl (C=O) groups is 3. The highest BCUT2D eigenvalue weighted by molar-refractivity contribution is 5.81. The van der Waals surface area contributed by atoms with E-state index in [2.05, 4.69) is 26.2 Å². The van der Waals surface area contributed by atoms with Crippen LogP contribution in [-0.4, -0.2) is 83.3 Å². The normalized spacial score (nSPS) is 17.8. The molecule has 0 radical (unpaired) electrons. The van der Waals surface area contributed by atoms with E-state index in [1.165, 1.54) is 11.0 Å². The number of benzene rings is 2. The topological polar surface area (TPSA) is 150 Å². The third-order valence-corrected chi connectivity index (χ3v) is 7.23. The lowest BCUT2D eigenvalue weighted by atomic mass is 9.93. The maximum absolute atomic E-state index is 13.1. The fraction of sp³-hybridized carbons (Fsp3) is 0.429. The summed E-state index contributed by atoms with van der Waals surface area (Å²) in [4.78, 5) is 40.4. The van der Waals surface area contributed by atoms with Crippen LogP contribution in [0.15, 0.2) is 36.7 Å². The van der Waals surface area contributed by atoms with Gasteiger partial charge in [-0.1, -0.05) is 6.07 Å². The zero-order valence-electron chi connectivity index (χ0n) is 23.1. The molecule has 13 nitrogen and oxygen atoms in total. The van der Waals surface area contributed by atoms with E-state index in [0.29, 0.717) is 36.7 Å². The van der Waals surface area contributed by atoms with E-state index in [9.17, 15) is 14.4 Å². The first kappa shape index (κ1) is 27.9. The van der Waals surface area contributed by atoms with Crippen molar-refractivity contribution < 1.29 is 28.6 Å². The van der Waals surface area contributed by atoms with Crippen molar-refractivity contribution in [2.75, 3.05) is 40.5 Å². The minimum absolute atomic E-state index is 0.0691. The van der Waals surface area contributed by atoms with E-state index < -0.39 is 0 Å². The van der Waals surface area contributed by atoms with Crippen LogP contribution in [0.3, 0.4) is 0 Å². The first-order valence-corrected chi connectivity index (χ1v) is 13.5. The highest BCUT2D eigenvalue weighted by atomic mass is 16.5. The Labute approximate surface area is 237 Å². The fourth-order valence-corrected chi connectivity index (χ4v) is 5.12. The highest BCUT2D eigenvalue weighted by Gasteiger charge is 2.26. The van der Waals surface area contributed by atoms with Gasteiger partial charge in [0.25, 0.3) is 0 Å². The summed E-state index contributed by atoms with van der Waals surface area (Å²) in [5.41, 5.74) is 3.46. The van der Waals surface area contributed by atoms with Crippen molar-refractivity contribution in [3.05, 3.63) is 47.8 Å². The van der Waals surface area contributed by atoms with Crippen LogP contribution in [0.5, 0.6) is 17.2 Å². The molecule has 2 aliphatic rings. The van der Waals surface area contributed by atoms with Gasteiger partial charge >= 0.3 is 0 Å². The zero-order valence-corrected chi connectivity index (χ0v) is 23.1. The van der Waals surface area contributed by atoms with Gasteiger partial charge in [-0.25, -0.2) is 4.68 Å². The molecule has 13 heteroatoms. The lowest BCUT2D eigenvalue weighted by Gasteiger charge is -2.28. The summed E-state index contributed by atoms with van der Waals surface area (Å²) in [6, 6.07) is 9.45. The standard InChI is InChI=1S/C28H33N7O6/c1-39-24-14-18-3-6-25(36)29-9-11-34(27(38)16-35-17-30-32-33-35)10-7-26(37)31-22-8-12-41-23-5-4-19(15-21(22)23)20(13-18)28(24)40-2/h4-5,13-15,17,22H,3,6-12,16H2,1-2H3,(H,29,36)(H,31,37). The molecule has 41 heavy (non-hydrogen) atoms. The van der Waals surface area contributed by atoms with Crippen molar-refractivity contribution in [3.8, 4) is 28.4 Å². The van der Waals surface area contributed by atoms with Crippen LogP contribution in [0.4, 0.5) is 0 Å². The molecule has 1 aromatic heterocycles. The van der Waals surface area contributed by atoms with Gasteiger partial charge < -0.3 is 29.7 Å². The number of nitrogens with zero attached hydrogens (tertiary/aromatic N) is 5. The van der Waals surface area contributed by atoms with Gasteiger partial charge in [0.1, 0.15) is 18.6 Å². The van der Waals surface area contributed by atoms with Crippen LogP contribution in [-0.2, 0) is 27.3 Å². The number of amides is 3. The van der Waals surface area contributed by atoms with Crippen LogP contribution in [0.1, 0.15) is 36.4 Å². The molecule has 216 valence electrons. The molecule has 2 aliphatic heterocycles. The highest BCUT2D eigenvalue weighted by Crippen LogP contribution is 2.42. The van der Waals surface area contributed by atoms with Crippen LogP contribution in [0.2, 0.25) is 0 Å². The third-order valence-electron chi connectivity index (χ3n) is 7.23. The number of aromatic nitrogens is 4. The van der Waals surface area contributed by atoms with Gasteiger partial charge in [0.2, 0.25) is 17.7 Å². The number of aryl methyl sites for hydroxylation is 1. The zero-order chi connectivity index (χ0) is 28.8. The monoisotopic (exact) mass is 563 g/mol. The van der Waals surface area contributed by atoms with Crippen molar-refractivity contribution >= 4 is 17.7 Å². The second-order valence-corrected chi connectivity index (χ2v) is 9.88. The number of tetrazole rings is 1. The summed E-state index contributed by atoms with van der Waals surface area (Å²) < 4.78 is 18.6. The molecule has 3 aromatic rings.